The van der Waals surface area contributed by atoms with Crippen LogP contribution in [0.5, 0.6) is 0 Å². The Morgan fingerprint density at radius 1 is 1.42 bits per heavy atom. The third-order valence-corrected chi connectivity index (χ3v) is 4.75. The van der Waals surface area contributed by atoms with E-state index in [4.69, 9.17) is 0 Å². The summed E-state index contributed by atoms with van der Waals surface area (Å²) in [6.45, 7) is 2.82. The summed E-state index contributed by atoms with van der Waals surface area (Å²) in [5.41, 5.74) is 1.01. The standard InChI is InChI=1S/C15H21NO2S/c1-2-6-14-15(18)16(9-10-19-14)13(11-17)12-7-4-3-5-8-12/h3-5,7-8,13-14,17H,2,6,9-11H2,1H3/t13-,14+/m0/s1. The lowest BCUT2D eigenvalue weighted by Gasteiger charge is -2.37. The zero-order valence-corrected chi connectivity index (χ0v) is 12.1. The van der Waals surface area contributed by atoms with Crippen LogP contribution in [0.2, 0.25) is 0 Å². The molecule has 2 atom stereocenters. The maximum absolute atomic E-state index is 12.5. The number of nitrogens with zero attached hydrogens (tertiary/aromatic N) is 1. The summed E-state index contributed by atoms with van der Waals surface area (Å²) < 4.78 is 0. The molecule has 104 valence electrons. The fourth-order valence-corrected chi connectivity index (χ4v) is 3.76. The third-order valence-electron chi connectivity index (χ3n) is 3.49. The SMILES string of the molecule is CCC[C@H]1SCCN([C@@H](CO)c2ccccc2)C1=O. The molecule has 0 saturated carbocycles. The van der Waals surface area contributed by atoms with Gasteiger partial charge in [0.05, 0.1) is 17.9 Å². The monoisotopic (exact) mass is 279 g/mol. The van der Waals surface area contributed by atoms with Crippen LogP contribution < -0.4 is 0 Å². The molecule has 0 bridgehead atoms. The lowest BCUT2D eigenvalue weighted by Crippen LogP contribution is -2.46. The van der Waals surface area contributed by atoms with E-state index in [1.54, 1.807) is 11.8 Å². The van der Waals surface area contributed by atoms with Crippen LogP contribution in [0.1, 0.15) is 31.4 Å². The summed E-state index contributed by atoms with van der Waals surface area (Å²) >= 11 is 1.75. The highest BCUT2D eigenvalue weighted by molar-refractivity contribution is 8.00. The Morgan fingerprint density at radius 2 is 2.16 bits per heavy atom. The Kier molecular flexibility index (Phi) is 5.28. The van der Waals surface area contributed by atoms with Crippen molar-refractivity contribution in [2.75, 3.05) is 18.9 Å². The van der Waals surface area contributed by atoms with Crippen molar-refractivity contribution in [3.63, 3.8) is 0 Å². The van der Waals surface area contributed by atoms with E-state index in [9.17, 15) is 9.90 Å². The summed E-state index contributed by atoms with van der Waals surface area (Å²) in [7, 11) is 0. The van der Waals surface area contributed by atoms with Crippen molar-refractivity contribution in [1.82, 2.24) is 4.90 Å². The van der Waals surface area contributed by atoms with Crippen molar-refractivity contribution < 1.29 is 9.90 Å². The summed E-state index contributed by atoms with van der Waals surface area (Å²) in [5.74, 6) is 1.14. The van der Waals surface area contributed by atoms with Crippen LogP contribution in [0, 0.1) is 0 Å². The molecule has 0 radical (unpaired) electrons. The largest absolute Gasteiger partial charge is 0.394 e. The number of rotatable bonds is 5. The number of aliphatic hydroxyl groups excluding tert-OH is 1. The Hall–Kier alpha value is -1.00. The number of aliphatic hydroxyl groups is 1. The quantitative estimate of drug-likeness (QED) is 0.900. The lowest BCUT2D eigenvalue weighted by molar-refractivity contribution is -0.134. The van der Waals surface area contributed by atoms with E-state index in [0.29, 0.717) is 0 Å². The van der Waals surface area contributed by atoms with Crippen molar-refractivity contribution in [2.24, 2.45) is 0 Å². The zero-order chi connectivity index (χ0) is 13.7. The Balaban J connectivity index is 2.16. The second-order valence-corrected chi connectivity index (χ2v) is 6.10. The number of carbonyl (C=O) groups excluding carboxylic acids is 1. The van der Waals surface area contributed by atoms with Crippen LogP contribution in [-0.4, -0.2) is 40.1 Å². The molecule has 3 nitrogen and oxygen atoms in total. The molecule has 0 spiro atoms. The van der Waals surface area contributed by atoms with E-state index >= 15 is 0 Å². The molecule has 19 heavy (non-hydrogen) atoms. The van der Waals surface area contributed by atoms with Crippen LogP contribution in [0.4, 0.5) is 0 Å². The van der Waals surface area contributed by atoms with Crippen molar-refractivity contribution >= 4 is 17.7 Å². The highest BCUT2D eigenvalue weighted by Gasteiger charge is 2.33. The summed E-state index contributed by atoms with van der Waals surface area (Å²) in [6, 6.07) is 9.60. The fraction of sp³-hybridized carbons (Fsp3) is 0.533. The van der Waals surface area contributed by atoms with Gasteiger partial charge in [-0.05, 0) is 12.0 Å². The van der Waals surface area contributed by atoms with Gasteiger partial charge in [-0.1, -0.05) is 43.7 Å². The van der Waals surface area contributed by atoms with Gasteiger partial charge in [-0.2, -0.15) is 0 Å². The van der Waals surface area contributed by atoms with Gasteiger partial charge in [-0.15, -0.1) is 11.8 Å². The number of carbonyl (C=O) groups is 1. The number of amides is 1. The smallest absolute Gasteiger partial charge is 0.236 e. The second kappa shape index (κ2) is 6.96. The summed E-state index contributed by atoms with van der Waals surface area (Å²) in [6.07, 6.45) is 1.94. The first kappa shape index (κ1) is 14.4. The average molecular weight is 279 g/mol. The highest BCUT2D eigenvalue weighted by atomic mass is 32.2. The molecular weight excluding hydrogens is 258 g/mol. The van der Waals surface area contributed by atoms with Crippen molar-refractivity contribution in [1.29, 1.82) is 0 Å². The van der Waals surface area contributed by atoms with E-state index in [0.717, 1.165) is 30.7 Å². The second-order valence-electron chi connectivity index (χ2n) is 4.79. The molecule has 2 rings (SSSR count). The normalized spacial score (nSPS) is 21.5. The first-order valence-corrected chi connectivity index (χ1v) is 7.90. The minimum Gasteiger partial charge on any atom is -0.394 e. The predicted octanol–water partition coefficient (Wildman–Crippen LogP) is 2.46. The minimum absolute atomic E-state index is 0.0146. The molecule has 0 aromatic heterocycles. The number of hydrogen-bond acceptors (Lipinski definition) is 3. The van der Waals surface area contributed by atoms with E-state index < -0.39 is 0 Å². The van der Waals surface area contributed by atoms with Crippen molar-refractivity contribution in [3.05, 3.63) is 35.9 Å². The average Bonchev–Trinajstić information content (AvgIpc) is 2.45. The molecule has 1 aliphatic heterocycles. The lowest BCUT2D eigenvalue weighted by atomic mass is 10.0. The number of hydrogen-bond donors (Lipinski definition) is 1. The van der Waals surface area contributed by atoms with Gasteiger partial charge in [0.25, 0.3) is 0 Å². The molecule has 1 aliphatic rings. The van der Waals surface area contributed by atoms with E-state index in [2.05, 4.69) is 6.92 Å². The van der Waals surface area contributed by atoms with Gasteiger partial charge in [0.1, 0.15) is 0 Å². The van der Waals surface area contributed by atoms with E-state index in [1.807, 2.05) is 35.2 Å². The van der Waals surface area contributed by atoms with Gasteiger partial charge >= 0.3 is 0 Å². The highest BCUT2D eigenvalue weighted by Crippen LogP contribution is 2.30. The zero-order valence-electron chi connectivity index (χ0n) is 11.3. The van der Waals surface area contributed by atoms with Crippen molar-refractivity contribution in [3.8, 4) is 0 Å². The predicted molar refractivity (Wildman–Crippen MR) is 79.1 cm³/mol. The molecular formula is C15H21NO2S. The molecule has 1 amide bonds. The molecule has 1 fully saturated rings. The maximum atomic E-state index is 12.5. The van der Waals surface area contributed by atoms with Gasteiger partial charge in [-0.3, -0.25) is 4.79 Å². The Bertz CT molecular complexity index is 408. The topological polar surface area (TPSA) is 40.5 Å². The molecule has 0 unspecified atom stereocenters. The van der Waals surface area contributed by atoms with Crippen LogP contribution in [0.15, 0.2) is 30.3 Å². The molecule has 1 aromatic carbocycles. The summed E-state index contributed by atoms with van der Waals surface area (Å²) in [5, 5.41) is 9.73. The minimum atomic E-state index is -0.200. The van der Waals surface area contributed by atoms with Crippen LogP contribution in [0.25, 0.3) is 0 Å². The van der Waals surface area contributed by atoms with Gasteiger partial charge < -0.3 is 10.0 Å². The first-order chi connectivity index (χ1) is 9.27. The molecule has 1 N–H and O–H groups in total. The molecule has 1 saturated heterocycles. The molecule has 1 heterocycles. The van der Waals surface area contributed by atoms with Crippen LogP contribution in [0.3, 0.4) is 0 Å². The Labute approximate surface area is 119 Å². The Morgan fingerprint density at radius 3 is 2.79 bits per heavy atom. The van der Waals surface area contributed by atoms with Gasteiger partial charge in [0, 0.05) is 12.3 Å². The van der Waals surface area contributed by atoms with Crippen LogP contribution >= 0.6 is 11.8 Å². The number of benzene rings is 1. The molecule has 1 aromatic rings. The molecule has 0 aliphatic carbocycles. The van der Waals surface area contributed by atoms with E-state index in [1.165, 1.54) is 0 Å². The summed E-state index contributed by atoms with van der Waals surface area (Å²) in [4.78, 5) is 14.3. The fourth-order valence-electron chi connectivity index (χ4n) is 2.50. The first-order valence-electron chi connectivity index (χ1n) is 6.85. The number of thioether (sulfide) groups is 1. The van der Waals surface area contributed by atoms with Gasteiger partial charge in [0.15, 0.2) is 0 Å². The third kappa shape index (κ3) is 3.31. The maximum Gasteiger partial charge on any atom is 0.236 e. The van der Waals surface area contributed by atoms with Crippen LogP contribution in [-0.2, 0) is 4.79 Å². The van der Waals surface area contributed by atoms with E-state index in [-0.39, 0.29) is 23.8 Å². The van der Waals surface area contributed by atoms with Gasteiger partial charge in [0.2, 0.25) is 5.91 Å². The molecule has 4 heteroatoms. The van der Waals surface area contributed by atoms with Gasteiger partial charge in [-0.25, -0.2) is 0 Å². The van der Waals surface area contributed by atoms with Crippen molar-refractivity contribution in [2.45, 2.75) is 31.1 Å².